The molecule has 0 aliphatic rings. The minimum Gasteiger partial charge on any atom is -0.544 e. The Hall–Kier alpha value is -1.93. The van der Waals surface area contributed by atoms with E-state index in [1.54, 1.807) is 21.1 Å². The molecule has 2 atom stereocenters. The fraction of sp³-hybridized carbons (Fsp3) is 0.881. The molecule has 0 N–H and O–H groups in total. The molecular formula is C42H79NO7. The molecular weight excluding hydrogens is 630 g/mol. The Balaban J connectivity index is 4.36. The van der Waals surface area contributed by atoms with E-state index in [9.17, 15) is 19.5 Å². The Bertz CT molecular complexity index is 838. The van der Waals surface area contributed by atoms with Crippen molar-refractivity contribution in [3.63, 3.8) is 0 Å². The van der Waals surface area contributed by atoms with Crippen LogP contribution in [0.3, 0.4) is 0 Å². The van der Waals surface area contributed by atoms with Crippen LogP contribution in [0.1, 0.15) is 187 Å². The summed E-state index contributed by atoms with van der Waals surface area (Å²) in [6.45, 7) is 4.64. The first kappa shape index (κ1) is 48.1. The maximum Gasteiger partial charge on any atom is 0.306 e. The average Bonchev–Trinajstić information content (AvgIpc) is 3.06. The van der Waals surface area contributed by atoms with E-state index in [4.69, 9.17) is 14.2 Å². The topological polar surface area (TPSA) is 102 Å². The fourth-order valence-corrected chi connectivity index (χ4v) is 6.12. The number of rotatable bonds is 37. The van der Waals surface area contributed by atoms with Crippen molar-refractivity contribution in [3.05, 3.63) is 12.2 Å². The predicted molar refractivity (Wildman–Crippen MR) is 204 cm³/mol. The molecule has 50 heavy (non-hydrogen) atoms. The third kappa shape index (κ3) is 32.0. The predicted octanol–water partition coefficient (Wildman–Crippen LogP) is 9.41. The molecule has 0 bridgehead atoms. The van der Waals surface area contributed by atoms with E-state index in [1.807, 2.05) is 0 Å². The lowest BCUT2D eigenvalue weighted by atomic mass is 10.1. The van der Waals surface area contributed by atoms with Gasteiger partial charge in [-0.2, -0.15) is 0 Å². The van der Waals surface area contributed by atoms with Crippen molar-refractivity contribution in [2.24, 2.45) is 0 Å². The van der Waals surface area contributed by atoms with Gasteiger partial charge in [-0.3, -0.25) is 9.59 Å². The lowest BCUT2D eigenvalue weighted by molar-refractivity contribution is -0.889. The van der Waals surface area contributed by atoms with Crippen LogP contribution in [0.4, 0.5) is 0 Å². The number of hydrogen-bond acceptors (Lipinski definition) is 7. The quantitative estimate of drug-likeness (QED) is 0.0274. The molecule has 0 rings (SSSR count). The van der Waals surface area contributed by atoms with Gasteiger partial charge in [0.15, 0.2) is 6.10 Å². The lowest BCUT2D eigenvalue weighted by Crippen LogP contribution is -2.55. The number of carbonyl (C=O) groups excluding carboxylic acids is 3. The highest BCUT2D eigenvalue weighted by Gasteiger charge is 2.25. The Morgan fingerprint density at radius 1 is 0.580 bits per heavy atom. The zero-order valence-electron chi connectivity index (χ0n) is 33.3. The zero-order chi connectivity index (χ0) is 37.1. The number of hydrogen-bond donors (Lipinski definition) is 0. The first-order valence-electron chi connectivity index (χ1n) is 20.7. The van der Waals surface area contributed by atoms with Gasteiger partial charge in [-0.05, 0) is 38.5 Å². The van der Waals surface area contributed by atoms with Crippen LogP contribution in [0.2, 0.25) is 0 Å². The molecule has 0 spiro atoms. The van der Waals surface area contributed by atoms with Gasteiger partial charge in [0, 0.05) is 19.3 Å². The van der Waals surface area contributed by atoms with Crippen molar-refractivity contribution in [3.8, 4) is 0 Å². The number of carboxylic acid groups (broad SMARTS) is 1. The van der Waals surface area contributed by atoms with E-state index in [0.717, 1.165) is 51.4 Å². The molecule has 0 aliphatic heterocycles. The van der Waals surface area contributed by atoms with E-state index in [0.29, 0.717) is 12.8 Å². The monoisotopic (exact) mass is 710 g/mol. The molecule has 0 aliphatic carbocycles. The molecule has 8 heteroatoms. The van der Waals surface area contributed by atoms with Gasteiger partial charge < -0.3 is 28.6 Å². The van der Waals surface area contributed by atoms with Crippen molar-refractivity contribution in [1.29, 1.82) is 0 Å². The van der Waals surface area contributed by atoms with E-state index in [-0.39, 0.29) is 42.7 Å². The van der Waals surface area contributed by atoms with Crippen LogP contribution < -0.4 is 5.11 Å². The second-order valence-corrected chi connectivity index (χ2v) is 15.2. The normalized spacial score (nSPS) is 13.1. The standard InChI is InChI=1S/C42H79NO7/c1-6-8-10-12-14-16-18-19-20-21-22-23-25-27-29-31-33-41(45)50-38(36-48-35-34-39(42(46)47)43(3,4)5)37-49-40(44)32-30-28-26-24-17-15-13-11-9-7-2/h20-21,38-39H,6-19,22-37H2,1-5H3/b21-20+. The summed E-state index contributed by atoms with van der Waals surface area (Å²) < 4.78 is 17.1. The van der Waals surface area contributed by atoms with Gasteiger partial charge in [-0.15, -0.1) is 0 Å². The number of esters is 2. The number of carbonyl (C=O) groups is 3. The van der Waals surface area contributed by atoms with Crippen molar-refractivity contribution in [2.45, 2.75) is 199 Å². The molecule has 0 heterocycles. The summed E-state index contributed by atoms with van der Waals surface area (Å²) in [4.78, 5) is 36.7. The minimum atomic E-state index is -1.12. The summed E-state index contributed by atoms with van der Waals surface area (Å²) in [6, 6.07) is -0.721. The molecule has 0 saturated carbocycles. The zero-order valence-corrected chi connectivity index (χ0v) is 33.3. The van der Waals surface area contributed by atoms with Crippen LogP contribution >= 0.6 is 0 Å². The second-order valence-electron chi connectivity index (χ2n) is 15.2. The number of carboxylic acids is 1. The molecule has 0 amide bonds. The number of unbranched alkanes of at least 4 members (excludes halogenated alkanes) is 21. The fourth-order valence-electron chi connectivity index (χ4n) is 6.12. The smallest absolute Gasteiger partial charge is 0.306 e. The Morgan fingerprint density at radius 2 is 1.00 bits per heavy atom. The summed E-state index contributed by atoms with van der Waals surface area (Å²) in [6.07, 6.45) is 33.7. The van der Waals surface area contributed by atoms with Gasteiger partial charge in [0.05, 0.1) is 40.3 Å². The number of allylic oxidation sites excluding steroid dienone is 2. The maximum absolute atomic E-state index is 12.7. The summed E-state index contributed by atoms with van der Waals surface area (Å²) in [7, 11) is 5.40. The largest absolute Gasteiger partial charge is 0.544 e. The van der Waals surface area contributed by atoms with Crippen LogP contribution in [-0.2, 0) is 28.6 Å². The Kier molecular flexibility index (Phi) is 32.9. The van der Waals surface area contributed by atoms with Crippen LogP contribution in [0.5, 0.6) is 0 Å². The number of quaternary nitrogens is 1. The Morgan fingerprint density at radius 3 is 1.44 bits per heavy atom. The highest BCUT2D eigenvalue weighted by atomic mass is 16.6. The van der Waals surface area contributed by atoms with Crippen molar-refractivity contribution in [1.82, 2.24) is 0 Å². The molecule has 0 aromatic carbocycles. The van der Waals surface area contributed by atoms with Gasteiger partial charge in [-0.25, -0.2) is 0 Å². The van der Waals surface area contributed by atoms with Gasteiger partial charge in [0.2, 0.25) is 0 Å². The summed E-state index contributed by atoms with van der Waals surface area (Å²) >= 11 is 0. The number of aliphatic carboxylic acids is 1. The van der Waals surface area contributed by atoms with Gasteiger partial charge in [0.25, 0.3) is 0 Å². The molecule has 0 saturated heterocycles. The molecule has 2 unspecified atom stereocenters. The molecule has 0 fully saturated rings. The van der Waals surface area contributed by atoms with Crippen LogP contribution in [0.25, 0.3) is 0 Å². The van der Waals surface area contributed by atoms with Crippen LogP contribution in [-0.4, -0.2) is 75.5 Å². The van der Waals surface area contributed by atoms with Gasteiger partial charge in [-0.1, -0.05) is 142 Å². The third-order valence-corrected chi connectivity index (χ3v) is 9.40. The minimum absolute atomic E-state index is 0.0423. The van der Waals surface area contributed by atoms with Crippen molar-refractivity contribution >= 4 is 17.9 Å². The maximum atomic E-state index is 12.7. The van der Waals surface area contributed by atoms with E-state index < -0.39 is 18.1 Å². The molecule has 294 valence electrons. The summed E-state index contributed by atoms with van der Waals surface area (Å²) in [5.74, 6) is -1.74. The summed E-state index contributed by atoms with van der Waals surface area (Å²) in [5.41, 5.74) is 0. The SMILES string of the molecule is CCCCCCCCC/C=C/CCCCCCCC(=O)OC(COCCC(C(=O)[O-])[N+](C)(C)C)COC(=O)CCCCCCCCCCCC. The lowest BCUT2D eigenvalue weighted by Gasteiger charge is -2.34. The molecule has 0 aromatic heterocycles. The summed E-state index contributed by atoms with van der Waals surface area (Å²) in [5, 5.41) is 11.6. The number of ether oxygens (including phenoxy) is 3. The first-order valence-corrected chi connectivity index (χ1v) is 20.7. The number of nitrogens with zero attached hydrogens (tertiary/aromatic N) is 1. The molecule has 8 nitrogen and oxygen atoms in total. The van der Waals surface area contributed by atoms with E-state index >= 15 is 0 Å². The van der Waals surface area contributed by atoms with Crippen LogP contribution in [0, 0.1) is 0 Å². The third-order valence-electron chi connectivity index (χ3n) is 9.40. The molecule has 0 radical (unpaired) electrons. The first-order chi connectivity index (χ1) is 24.1. The van der Waals surface area contributed by atoms with E-state index in [1.165, 1.54) is 103 Å². The van der Waals surface area contributed by atoms with E-state index in [2.05, 4.69) is 26.0 Å². The average molecular weight is 710 g/mol. The van der Waals surface area contributed by atoms with Gasteiger partial charge >= 0.3 is 11.9 Å². The van der Waals surface area contributed by atoms with Crippen LogP contribution in [0.15, 0.2) is 12.2 Å². The van der Waals surface area contributed by atoms with Gasteiger partial charge in [0.1, 0.15) is 12.6 Å². The highest BCUT2D eigenvalue weighted by molar-refractivity contribution is 5.70. The Labute approximate surface area is 308 Å². The molecule has 0 aromatic rings. The highest BCUT2D eigenvalue weighted by Crippen LogP contribution is 2.14. The second kappa shape index (κ2) is 34.2. The number of likely N-dealkylation sites (N-methyl/N-ethyl adjacent to an activating group) is 1. The van der Waals surface area contributed by atoms with Crippen molar-refractivity contribution < 1.29 is 38.2 Å². The van der Waals surface area contributed by atoms with Crippen molar-refractivity contribution in [2.75, 3.05) is 41.0 Å².